The average Bonchev–Trinajstić information content (AvgIpc) is 2.27. The van der Waals surface area contributed by atoms with E-state index in [2.05, 4.69) is 0 Å². The number of phenols is 1. The highest BCUT2D eigenvalue weighted by molar-refractivity contribution is 5.70. The van der Waals surface area contributed by atoms with Crippen molar-refractivity contribution < 1.29 is 14.6 Å². The predicted molar refractivity (Wildman–Crippen MR) is 61.2 cm³/mol. The second kappa shape index (κ2) is 6.12. The van der Waals surface area contributed by atoms with E-state index in [1.54, 1.807) is 25.1 Å². The van der Waals surface area contributed by atoms with E-state index in [4.69, 9.17) is 10.5 Å². The third kappa shape index (κ3) is 3.24. The number of nitrogens with two attached hydrogens (primary N) is 1. The van der Waals surface area contributed by atoms with Crippen molar-refractivity contribution >= 4 is 5.97 Å². The summed E-state index contributed by atoms with van der Waals surface area (Å²) < 4.78 is 4.86. The number of hydrogen-bond donors (Lipinski definition) is 2. The van der Waals surface area contributed by atoms with Crippen LogP contribution in [-0.4, -0.2) is 24.2 Å². The molecule has 0 spiro atoms. The molecule has 0 saturated carbocycles. The van der Waals surface area contributed by atoms with Crippen LogP contribution in [0, 0.1) is 0 Å². The van der Waals surface area contributed by atoms with Gasteiger partial charge in [-0.2, -0.15) is 0 Å². The minimum absolute atomic E-state index is 0.169. The Morgan fingerprint density at radius 1 is 1.50 bits per heavy atom. The molecule has 0 radical (unpaired) electrons. The van der Waals surface area contributed by atoms with Gasteiger partial charge in [0.15, 0.2) is 0 Å². The van der Waals surface area contributed by atoms with Gasteiger partial charge >= 0.3 is 5.97 Å². The Balaban J connectivity index is 2.75. The lowest BCUT2D eigenvalue weighted by Crippen LogP contribution is -2.18. The number of esters is 1. The fourth-order valence-corrected chi connectivity index (χ4v) is 1.57. The zero-order valence-corrected chi connectivity index (χ0v) is 9.35. The van der Waals surface area contributed by atoms with Crippen LogP contribution in [0.15, 0.2) is 24.3 Å². The largest absolute Gasteiger partial charge is 0.508 e. The molecule has 88 valence electrons. The SMILES string of the molecule is CCOC(=O)CC(CN)c1ccccc1O. The smallest absolute Gasteiger partial charge is 0.306 e. The summed E-state index contributed by atoms with van der Waals surface area (Å²) >= 11 is 0. The third-order valence-electron chi connectivity index (χ3n) is 2.38. The Morgan fingerprint density at radius 2 is 2.19 bits per heavy atom. The van der Waals surface area contributed by atoms with Gasteiger partial charge in [0.05, 0.1) is 13.0 Å². The first-order valence-electron chi connectivity index (χ1n) is 5.32. The van der Waals surface area contributed by atoms with Gasteiger partial charge in [-0.25, -0.2) is 0 Å². The molecule has 3 N–H and O–H groups in total. The molecule has 0 saturated heterocycles. The van der Waals surface area contributed by atoms with E-state index in [1.807, 2.05) is 6.07 Å². The number of rotatable bonds is 5. The second-order valence-electron chi connectivity index (χ2n) is 3.50. The molecule has 0 fully saturated rings. The van der Waals surface area contributed by atoms with E-state index in [9.17, 15) is 9.90 Å². The number of carbonyl (C=O) groups is 1. The molecule has 0 aromatic heterocycles. The van der Waals surface area contributed by atoms with Crippen LogP contribution in [-0.2, 0) is 9.53 Å². The number of hydrogen-bond acceptors (Lipinski definition) is 4. The molecule has 1 aromatic rings. The molecule has 16 heavy (non-hydrogen) atoms. The van der Waals surface area contributed by atoms with Crippen molar-refractivity contribution in [3.05, 3.63) is 29.8 Å². The molecule has 0 aliphatic heterocycles. The van der Waals surface area contributed by atoms with Crippen LogP contribution in [0.5, 0.6) is 5.75 Å². The molecule has 1 atom stereocenters. The summed E-state index contributed by atoms with van der Waals surface area (Å²) in [6.07, 6.45) is 0.196. The van der Waals surface area contributed by atoms with Gasteiger partial charge < -0.3 is 15.6 Å². The van der Waals surface area contributed by atoms with Gasteiger partial charge in [-0.3, -0.25) is 4.79 Å². The zero-order chi connectivity index (χ0) is 12.0. The lowest BCUT2D eigenvalue weighted by Gasteiger charge is -2.15. The highest BCUT2D eigenvalue weighted by Gasteiger charge is 2.17. The molecule has 1 rings (SSSR count). The Kier molecular flexibility index (Phi) is 4.79. The monoisotopic (exact) mass is 223 g/mol. The van der Waals surface area contributed by atoms with Crippen LogP contribution >= 0.6 is 0 Å². The van der Waals surface area contributed by atoms with Crippen molar-refractivity contribution in [2.45, 2.75) is 19.3 Å². The molecule has 0 bridgehead atoms. The van der Waals surface area contributed by atoms with Gasteiger partial charge in [0.2, 0.25) is 0 Å². The number of aromatic hydroxyl groups is 1. The number of benzene rings is 1. The average molecular weight is 223 g/mol. The highest BCUT2D eigenvalue weighted by Crippen LogP contribution is 2.27. The maximum Gasteiger partial charge on any atom is 0.306 e. The Morgan fingerprint density at radius 3 is 2.75 bits per heavy atom. The standard InChI is InChI=1S/C12H17NO3/c1-2-16-12(15)7-9(8-13)10-5-3-4-6-11(10)14/h3-6,9,14H,2,7-8,13H2,1H3. The molecule has 0 aliphatic carbocycles. The summed E-state index contributed by atoms with van der Waals surface area (Å²) in [4.78, 5) is 11.3. The van der Waals surface area contributed by atoms with E-state index < -0.39 is 0 Å². The van der Waals surface area contributed by atoms with Crippen molar-refractivity contribution in [1.82, 2.24) is 0 Å². The predicted octanol–water partition coefficient (Wildman–Crippen LogP) is 1.39. The minimum atomic E-state index is -0.291. The first-order valence-corrected chi connectivity index (χ1v) is 5.32. The Labute approximate surface area is 95.0 Å². The number of carbonyl (C=O) groups excluding carboxylic acids is 1. The fraction of sp³-hybridized carbons (Fsp3) is 0.417. The minimum Gasteiger partial charge on any atom is -0.508 e. The van der Waals surface area contributed by atoms with E-state index >= 15 is 0 Å². The summed E-state index contributed by atoms with van der Waals surface area (Å²) in [5.41, 5.74) is 6.29. The number of ether oxygens (including phenoxy) is 1. The summed E-state index contributed by atoms with van der Waals surface area (Å²) in [6.45, 7) is 2.42. The van der Waals surface area contributed by atoms with Crippen LogP contribution in [0.4, 0.5) is 0 Å². The van der Waals surface area contributed by atoms with E-state index in [-0.39, 0.29) is 24.1 Å². The topological polar surface area (TPSA) is 72.5 Å². The van der Waals surface area contributed by atoms with E-state index in [0.29, 0.717) is 18.7 Å². The molecule has 1 unspecified atom stereocenters. The molecular weight excluding hydrogens is 206 g/mol. The first-order chi connectivity index (χ1) is 7.69. The van der Waals surface area contributed by atoms with Crippen LogP contribution in [0.3, 0.4) is 0 Å². The van der Waals surface area contributed by atoms with Crippen molar-refractivity contribution in [2.75, 3.05) is 13.2 Å². The molecular formula is C12H17NO3. The zero-order valence-electron chi connectivity index (χ0n) is 9.35. The van der Waals surface area contributed by atoms with Gasteiger partial charge in [-0.15, -0.1) is 0 Å². The fourth-order valence-electron chi connectivity index (χ4n) is 1.57. The lowest BCUT2D eigenvalue weighted by atomic mass is 9.95. The van der Waals surface area contributed by atoms with Crippen LogP contribution in [0.25, 0.3) is 0 Å². The molecule has 1 aromatic carbocycles. The highest BCUT2D eigenvalue weighted by atomic mass is 16.5. The summed E-state index contributed by atoms with van der Waals surface area (Å²) in [5.74, 6) is -0.316. The van der Waals surface area contributed by atoms with Crippen molar-refractivity contribution in [1.29, 1.82) is 0 Å². The lowest BCUT2D eigenvalue weighted by molar-refractivity contribution is -0.143. The summed E-state index contributed by atoms with van der Waals surface area (Å²) in [6, 6.07) is 6.90. The van der Waals surface area contributed by atoms with Gasteiger partial charge in [0, 0.05) is 5.92 Å². The normalized spacial score (nSPS) is 12.1. The first kappa shape index (κ1) is 12.5. The van der Waals surface area contributed by atoms with Gasteiger partial charge in [-0.05, 0) is 25.1 Å². The van der Waals surface area contributed by atoms with Gasteiger partial charge in [-0.1, -0.05) is 18.2 Å². The number of phenolic OH excluding ortho intramolecular Hbond substituents is 1. The maximum atomic E-state index is 11.3. The third-order valence-corrected chi connectivity index (χ3v) is 2.38. The molecule has 0 heterocycles. The van der Waals surface area contributed by atoms with Gasteiger partial charge in [0.1, 0.15) is 5.75 Å². The molecule has 4 nitrogen and oxygen atoms in total. The quantitative estimate of drug-likeness (QED) is 0.740. The molecule has 4 heteroatoms. The molecule has 0 aliphatic rings. The van der Waals surface area contributed by atoms with E-state index in [1.165, 1.54) is 0 Å². The Hall–Kier alpha value is -1.55. The Bertz CT molecular complexity index is 352. The van der Waals surface area contributed by atoms with Crippen molar-refractivity contribution in [3.8, 4) is 5.75 Å². The van der Waals surface area contributed by atoms with Crippen LogP contribution in [0.1, 0.15) is 24.8 Å². The van der Waals surface area contributed by atoms with E-state index in [0.717, 1.165) is 0 Å². The van der Waals surface area contributed by atoms with Crippen molar-refractivity contribution in [3.63, 3.8) is 0 Å². The van der Waals surface area contributed by atoms with Crippen LogP contribution < -0.4 is 5.73 Å². The van der Waals surface area contributed by atoms with Crippen LogP contribution in [0.2, 0.25) is 0 Å². The van der Waals surface area contributed by atoms with Gasteiger partial charge in [0.25, 0.3) is 0 Å². The second-order valence-corrected chi connectivity index (χ2v) is 3.50. The summed E-state index contributed by atoms with van der Waals surface area (Å²) in [5, 5.41) is 9.65. The number of para-hydroxylation sites is 1. The summed E-state index contributed by atoms with van der Waals surface area (Å²) in [7, 11) is 0. The molecule has 0 amide bonds. The maximum absolute atomic E-state index is 11.3. The van der Waals surface area contributed by atoms with Crippen molar-refractivity contribution in [2.24, 2.45) is 5.73 Å².